The SMILES string of the molecule is CCOC(CNC(=O)c1cc(I)cc(I)c1I)OCC. The summed E-state index contributed by atoms with van der Waals surface area (Å²) in [5.41, 5.74) is 0.689. The Balaban J connectivity index is 2.71. The normalized spacial score (nSPS) is 10.9. The molecular formula is C13H16I3NO3. The molecule has 0 heterocycles. The molecule has 0 aliphatic rings. The molecule has 0 saturated carbocycles. The molecule has 0 saturated heterocycles. The van der Waals surface area contributed by atoms with Crippen LogP contribution in [-0.2, 0) is 9.47 Å². The number of hydrogen-bond donors (Lipinski definition) is 1. The maximum atomic E-state index is 12.2. The Bertz CT molecular complexity index is 462. The first kappa shape index (κ1) is 18.8. The van der Waals surface area contributed by atoms with Crippen molar-refractivity contribution in [3.8, 4) is 0 Å². The van der Waals surface area contributed by atoms with Crippen LogP contribution in [-0.4, -0.2) is 32.0 Å². The Hall–Kier alpha value is 0.800. The molecule has 0 radical (unpaired) electrons. The number of benzene rings is 1. The molecule has 4 nitrogen and oxygen atoms in total. The van der Waals surface area contributed by atoms with Crippen LogP contribution in [0.1, 0.15) is 24.2 Å². The Morgan fingerprint density at radius 3 is 2.35 bits per heavy atom. The van der Waals surface area contributed by atoms with Crippen molar-refractivity contribution in [3.63, 3.8) is 0 Å². The summed E-state index contributed by atoms with van der Waals surface area (Å²) >= 11 is 6.64. The molecule has 1 aromatic carbocycles. The van der Waals surface area contributed by atoms with Crippen molar-refractivity contribution in [3.05, 3.63) is 28.4 Å². The highest BCUT2D eigenvalue weighted by molar-refractivity contribution is 14.1. The molecule has 0 bridgehead atoms. The van der Waals surface area contributed by atoms with Gasteiger partial charge in [-0.05, 0) is 93.8 Å². The van der Waals surface area contributed by atoms with Crippen LogP contribution in [0.15, 0.2) is 12.1 Å². The van der Waals surface area contributed by atoms with E-state index in [9.17, 15) is 4.79 Å². The quantitative estimate of drug-likeness (QED) is 0.290. The zero-order chi connectivity index (χ0) is 15.1. The second-order valence-corrected chi connectivity index (χ2v) is 7.29. The molecule has 0 unspecified atom stereocenters. The van der Waals surface area contributed by atoms with Gasteiger partial charge in [-0.1, -0.05) is 0 Å². The molecule has 0 spiro atoms. The smallest absolute Gasteiger partial charge is 0.252 e. The van der Waals surface area contributed by atoms with E-state index < -0.39 is 6.29 Å². The van der Waals surface area contributed by atoms with Crippen molar-refractivity contribution in [2.24, 2.45) is 0 Å². The lowest BCUT2D eigenvalue weighted by Gasteiger charge is -2.17. The Morgan fingerprint density at radius 1 is 1.20 bits per heavy atom. The number of halogens is 3. The van der Waals surface area contributed by atoms with Gasteiger partial charge in [-0.3, -0.25) is 4.79 Å². The number of carbonyl (C=O) groups is 1. The van der Waals surface area contributed by atoms with Crippen LogP contribution in [0.3, 0.4) is 0 Å². The molecule has 0 aromatic heterocycles. The summed E-state index contributed by atoms with van der Waals surface area (Å²) in [5, 5.41) is 2.86. The van der Waals surface area contributed by atoms with E-state index in [1.165, 1.54) is 0 Å². The summed E-state index contributed by atoms with van der Waals surface area (Å²) in [4.78, 5) is 12.2. The fourth-order valence-corrected chi connectivity index (χ4v) is 3.93. The summed E-state index contributed by atoms with van der Waals surface area (Å²) in [6.07, 6.45) is -0.395. The second-order valence-electron chi connectivity index (χ2n) is 3.80. The van der Waals surface area contributed by atoms with Crippen molar-refractivity contribution < 1.29 is 14.3 Å². The highest BCUT2D eigenvalue weighted by atomic mass is 127. The van der Waals surface area contributed by atoms with Gasteiger partial charge < -0.3 is 14.8 Å². The Labute approximate surface area is 160 Å². The van der Waals surface area contributed by atoms with Crippen LogP contribution >= 0.6 is 67.8 Å². The summed E-state index contributed by atoms with van der Waals surface area (Å²) in [5.74, 6) is -0.102. The van der Waals surface area contributed by atoms with E-state index in [0.717, 1.165) is 10.7 Å². The van der Waals surface area contributed by atoms with Gasteiger partial charge in [0.25, 0.3) is 5.91 Å². The highest BCUT2D eigenvalue weighted by Crippen LogP contribution is 2.22. The fourth-order valence-electron chi connectivity index (χ4n) is 1.53. The fraction of sp³-hybridized carbons (Fsp3) is 0.462. The molecule has 1 aromatic rings. The molecule has 1 rings (SSSR count). The van der Waals surface area contributed by atoms with E-state index in [1.807, 2.05) is 26.0 Å². The second kappa shape index (κ2) is 9.74. The third-order valence-electron chi connectivity index (χ3n) is 2.37. The maximum Gasteiger partial charge on any atom is 0.252 e. The van der Waals surface area contributed by atoms with E-state index in [1.54, 1.807) is 0 Å². The van der Waals surface area contributed by atoms with Crippen molar-refractivity contribution in [1.82, 2.24) is 5.32 Å². The minimum Gasteiger partial charge on any atom is -0.351 e. The molecule has 1 amide bonds. The van der Waals surface area contributed by atoms with Crippen LogP contribution in [0.5, 0.6) is 0 Å². The lowest BCUT2D eigenvalue weighted by Crippen LogP contribution is -2.35. The zero-order valence-corrected chi connectivity index (χ0v) is 17.7. The van der Waals surface area contributed by atoms with Gasteiger partial charge in [0, 0.05) is 23.9 Å². The van der Waals surface area contributed by atoms with Gasteiger partial charge >= 0.3 is 0 Å². The molecule has 7 heteroatoms. The topological polar surface area (TPSA) is 47.6 Å². The zero-order valence-electron chi connectivity index (χ0n) is 11.2. The molecule has 0 aliphatic heterocycles. The van der Waals surface area contributed by atoms with E-state index in [0.29, 0.717) is 25.3 Å². The summed E-state index contributed by atoms with van der Waals surface area (Å²) in [6, 6.07) is 3.93. The first-order valence-corrected chi connectivity index (χ1v) is 9.39. The minimum absolute atomic E-state index is 0.102. The van der Waals surface area contributed by atoms with Crippen molar-refractivity contribution >= 4 is 73.7 Å². The van der Waals surface area contributed by atoms with Gasteiger partial charge in [-0.25, -0.2) is 0 Å². The Kier molecular flexibility index (Phi) is 9.18. The lowest BCUT2D eigenvalue weighted by molar-refractivity contribution is -0.131. The third-order valence-corrected chi connectivity index (χ3v) is 6.04. The highest BCUT2D eigenvalue weighted by Gasteiger charge is 2.15. The molecule has 112 valence electrons. The number of hydrogen-bond acceptors (Lipinski definition) is 3. The van der Waals surface area contributed by atoms with E-state index in [-0.39, 0.29) is 5.91 Å². The molecular weight excluding hydrogens is 599 g/mol. The number of amides is 1. The van der Waals surface area contributed by atoms with Crippen molar-refractivity contribution in [2.75, 3.05) is 19.8 Å². The molecule has 1 N–H and O–H groups in total. The van der Waals surface area contributed by atoms with Crippen LogP contribution in [0.4, 0.5) is 0 Å². The molecule has 20 heavy (non-hydrogen) atoms. The van der Waals surface area contributed by atoms with Crippen LogP contribution in [0.2, 0.25) is 0 Å². The Morgan fingerprint density at radius 2 is 1.80 bits per heavy atom. The van der Waals surface area contributed by atoms with Gasteiger partial charge in [-0.2, -0.15) is 0 Å². The summed E-state index contributed by atoms with van der Waals surface area (Å²) < 4.78 is 13.9. The van der Waals surface area contributed by atoms with Gasteiger partial charge in [0.1, 0.15) is 0 Å². The minimum atomic E-state index is -0.395. The maximum absolute atomic E-state index is 12.2. The van der Waals surface area contributed by atoms with Crippen LogP contribution in [0, 0.1) is 10.7 Å². The standard InChI is InChI=1S/C13H16I3NO3/c1-3-19-11(20-4-2)7-17-13(18)9-5-8(14)6-10(15)12(9)16/h5-6,11H,3-4,7H2,1-2H3,(H,17,18). The van der Waals surface area contributed by atoms with Gasteiger partial charge in [0.05, 0.1) is 12.1 Å². The number of ether oxygens (including phenoxy) is 2. The third kappa shape index (κ3) is 5.89. The summed E-state index contributed by atoms with van der Waals surface area (Å²) in [6.45, 7) is 5.26. The van der Waals surface area contributed by atoms with Gasteiger partial charge in [-0.15, -0.1) is 0 Å². The monoisotopic (exact) mass is 615 g/mol. The number of carbonyl (C=O) groups excluding carboxylic acids is 1. The first-order chi connectivity index (χ1) is 9.49. The van der Waals surface area contributed by atoms with Crippen LogP contribution in [0.25, 0.3) is 0 Å². The number of nitrogens with one attached hydrogen (secondary N) is 1. The first-order valence-electron chi connectivity index (χ1n) is 6.15. The summed E-state index contributed by atoms with van der Waals surface area (Å²) in [7, 11) is 0. The molecule has 0 atom stereocenters. The van der Waals surface area contributed by atoms with E-state index in [4.69, 9.17) is 9.47 Å². The van der Waals surface area contributed by atoms with E-state index in [2.05, 4.69) is 73.1 Å². The lowest BCUT2D eigenvalue weighted by atomic mass is 10.2. The van der Waals surface area contributed by atoms with Crippen molar-refractivity contribution in [2.45, 2.75) is 20.1 Å². The predicted molar refractivity (Wildman–Crippen MR) is 104 cm³/mol. The molecule has 0 fully saturated rings. The van der Waals surface area contributed by atoms with Gasteiger partial charge in [0.15, 0.2) is 6.29 Å². The largest absolute Gasteiger partial charge is 0.351 e. The average Bonchev–Trinajstić information content (AvgIpc) is 2.40. The van der Waals surface area contributed by atoms with Crippen LogP contribution < -0.4 is 5.32 Å². The predicted octanol–water partition coefficient (Wildman–Crippen LogP) is 3.63. The number of rotatable bonds is 7. The van der Waals surface area contributed by atoms with Crippen molar-refractivity contribution in [1.29, 1.82) is 0 Å². The van der Waals surface area contributed by atoms with Gasteiger partial charge in [0.2, 0.25) is 0 Å². The molecule has 0 aliphatic carbocycles. The average molecular weight is 615 g/mol. The van der Waals surface area contributed by atoms with E-state index >= 15 is 0 Å².